The summed E-state index contributed by atoms with van der Waals surface area (Å²) < 4.78 is 26.8. The number of rotatable bonds is 5. The van der Waals surface area contributed by atoms with Crippen LogP contribution in [0.1, 0.15) is 18.4 Å². The molecule has 0 spiro atoms. The van der Waals surface area contributed by atoms with Gasteiger partial charge in [-0.15, -0.1) is 0 Å². The van der Waals surface area contributed by atoms with Gasteiger partial charge in [-0.1, -0.05) is 35.5 Å². The van der Waals surface area contributed by atoms with Crippen LogP contribution in [0, 0.1) is 11.6 Å². The van der Waals surface area contributed by atoms with Crippen molar-refractivity contribution < 1.29 is 8.78 Å². The zero-order valence-corrected chi connectivity index (χ0v) is 12.8. The quantitative estimate of drug-likeness (QED) is 0.828. The Kier molecular flexibility index (Phi) is 4.48. The monoisotopic (exact) mass is 325 g/mol. The van der Waals surface area contributed by atoms with E-state index >= 15 is 0 Å². The number of hydrogen-bond donors (Lipinski definition) is 1. The minimum atomic E-state index is -0.577. The first-order valence-corrected chi connectivity index (χ1v) is 7.96. The summed E-state index contributed by atoms with van der Waals surface area (Å²) in [5.41, 5.74) is 1.03. The van der Waals surface area contributed by atoms with Gasteiger partial charge in [-0.2, -0.15) is 0 Å². The molecule has 1 nitrogen and oxygen atoms in total. The summed E-state index contributed by atoms with van der Waals surface area (Å²) in [4.78, 5) is 1.19. The van der Waals surface area contributed by atoms with Crippen LogP contribution in [0.4, 0.5) is 8.78 Å². The Morgan fingerprint density at radius 3 is 2.71 bits per heavy atom. The van der Waals surface area contributed by atoms with Gasteiger partial charge in [0, 0.05) is 28.4 Å². The molecule has 1 N–H and O–H groups in total. The van der Waals surface area contributed by atoms with E-state index < -0.39 is 11.6 Å². The molecule has 1 saturated carbocycles. The van der Waals surface area contributed by atoms with Crippen molar-refractivity contribution >= 4 is 23.4 Å². The van der Waals surface area contributed by atoms with E-state index in [0.717, 1.165) is 16.5 Å². The normalized spacial score (nSPS) is 14.4. The molecule has 0 aliphatic heterocycles. The van der Waals surface area contributed by atoms with Gasteiger partial charge in [0.25, 0.3) is 0 Å². The average molecular weight is 326 g/mol. The lowest BCUT2D eigenvalue weighted by atomic mass is 10.2. The van der Waals surface area contributed by atoms with Crippen molar-refractivity contribution in [3.05, 3.63) is 58.6 Å². The van der Waals surface area contributed by atoms with Crippen molar-refractivity contribution in [1.82, 2.24) is 5.32 Å². The third-order valence-electron chi connectivity index (χ3n) is 3.31. The molecule has 0 atom stereocenters. The molecule has 5 heteroatoms. The molecule has 1 aliphatic rings. The van der Waals surface area contributed by atoms with Crippen LogP contribution in [-0.4, -0.2) is 6.04 Å². The first-order chi connectivity index (χ1) is 10.1. The number of nitrogens with one attached hydrogen (secondary N) is 1. The lowest BCUT2D eigenvalue weighted by molar-refractivity contribution is 0.565. The van der Waals surface area contributed by atoms with Gasteiger partial charge >= 0.3 is 0 Å². The number of benzene rings is 2. The van der Waals surface area contributed by atoms with Gasteiger partial charge in [0.05, 0.1) is 5.02 Å². The van der Waals surface area contributed by atoms with Gasteiger partial charge in [0.2, 0.25) is 0 Å². The van der Waals surface area contributed by atoms with Gasteiger partial charge in [0.1, 0.15) is 11.6 Å². The van der Waals surface area contributed by atoms with Crippen molar-refractivity contribution in [2.45, 2.75) is 35.2 Å². The third-order valence-corrected chi connectivity index (χ3v) is 4.98. The highest BCUT2D eigenvalue weighted by Crippen LogP contribution is 2.37. The van der Waals surface area contributed by atoms with Crippen LogP contribution >= 0.6 is 23.4 Å². The lowest BCUT2D eigenvalue weighted by Crippen LogP contribution is -2.15. The van der Waals surface area contributed by atoms with Crippen LogP contribution in [0.25, 0.3) is 0 Å². The Hall–Kier alpha value is -1.10. The fraction of sp³-hybridized carbons (Fsp3) is 0.250. The van der Waals surface area contributed by atoms with Gasteiger partial charge in [0.15, 0.2) is 0 Å². The Balaban J connectivity index is 1.85. The van der Waals surface area contributed by atoms with Crippen LogP contribution in [0.5, 0.6) is 0 Å². The van der Waals surface area contributed by atoms with E-state index in [9.17, 15) is 8.78 Å². The second kappa shape index (κ2) is 6.34. The predicted molar refractivity (Wildman–Crippen MR) is 81.8 cm³/mol. The highest BCUT2D eigenvalue weighted by atomic mass is 35.5. The second-order valence-electron chi connectivity index (χ2n) is 5.06. The topological polar surface area (TPSA) is 12.0 Å². The molecule has 1 aliphatic carbocycles. The molecule has 0 unspecified atom stereocenters. The molecule has 0 bridgehead atoms. The van der Waals surface area contributed by atoms with Crippen LogP contribution < -0.4 is 5.32 Å². The molecule has 0 aromatic heterocycles. The van der Waals surface area contributed by atoms with Gasteiger partial charge < -0.3 is 5.32 Å². The largest absolute Gasteiger partial charge is 0.310 e. The number of hydrogen-bond acceptors (Lipinski definition) is 2. The SMILES string of the molecule is Fc1ccc(Sc2c(Cl)cccc2CNC2CC2)c(F)c1. The Morgan fingerprint density at radius 2 is 2.00 bits per heavy atom. The second-order valence-corrected chi connectivity index (χ2v) is 6.52. The summed E-state index contributed by atoms with van der Waals surface area (Å²) in [6.07, 6.45) is 2.41. The van der Waals surface area contributed by atoms with Crippen LogP contribution in [-0.2, 0) is 6.54 Å². The molecule has 0 amide bonds. The summed E-state index contributed by atoms with van der Waals surface area (Å²) in [6, 6.07) is 9.82. The molecule has 2 aromatic rings. The smallest absolute Gasteiger partial charge is 0.140 e. The van der Waals surface area contributed by atoms with Crippen molar-refractivity contribution in [2.24, 2.45) is 0 Å². The van der Waals surface area contributed by atoms with E-state index in [1.54, 1.807) is 6.07 Å². The molecule has 0 heterocycles. The van der Waals surface area contributed by atoms with Crippen molar-refractivity contribution in [2.75, 3.05) is 0 Å². The maximum absolute atomic E-state index is 13.8. The summed E-state index contributed by atoms with van der Waals surface area (Å²) >= 11 is 7.48. The van der Waals surface area contributed by atoms with Crippen molar-refractivity contribution in [3.8, 4) is 0 Å². The molecule has 2 aromatic carbocycles. The average Bonchev–Trinajstić information content (AvgIpc) is 3.26. The summed E-state index contributed by atoms with van der Waals surface area (Å²) in [7, 11) is 0. The fourth-order valence-electron chi connectivity index (χ4n) is 2.02. The highest BCUT2D eigenvalue weighted by molar-refractivity contribution is 7.99. The van der Waals surface area contributed by atoms with Crippen LogP contribution in [0.15, 0.2) is 46.2 Å². The molecule has 0 saturated heterocycles. The van der Waals surface area contributed by atoms with E-state index in [0.29, 0.717) is 22.5 Å². The Bertz CT molecular complexity index is 659. The lowest BCUT2D eigenvalue weighted by Gasteiger charge is -2.12. The van der Waals surface area contributed by atoms with Gasteiger partial charge in [-0.25, -0.2) is 8.78 Å². The van der Waals surface area contributed by atoms with Crippen molar-refractivity contribution in [3.63, 3.8) is 0 Å². The standard InChI is InChI=1S/C16H14ClF2NS/c17-13-3-1-2-10(9-20-12-5-6-12)16(13)21-15-7-4-11(18)8-14(15)19/h1-4,7-8,12,20H,5-6,9H2. The van der Waals surface area contributed by atoms with E-state index in [-0.39, 0.29) is 0 Å². The van der Waals surface area contributed by atoms with E-state index in [1.165, 1.54) is 36.7 Å². The van der Waals surface area contributed by atoms with Crippen LogP contribution in [0.3, 0.4) is 0 Å². The zero-order chi connectivity index (χ0) is 14.8. The first kappa shape index (κ1) is 14.8. The number of halogens is 3. The maximum Gasteiger partial charge on any atom is 0.140 e. The van der Waals surface area contributed by atoms with Gasteiger partial charge in [-0.3, -0.25) is 0 Å². The van der Waals surface area contributed by atoms with E-state index in [2.05, 4.69) is 5.32 Å². The van der Waals surface area contributed by atoms with Crippen LogP contribution in [0.2, 0.25) is 5.02 Å². The molecule has 0 radical (unpaired) electrons. The summed E-state index contributed by atoms with van der Waals surface area (Å²) in [5.74, 6) is -1.15. The maximum atomic E-state index is 13.8. The Morgan fingerprint density at radius 1 is 1.19 bits per heavy atom. The minimum absolute atomic E-state index is 0.372. The molecule has 3 rings (SSSR count). The molecule has 1 fully saturated rings. The van der Waals surface area contributed by atoms with Crippen molar-refractivity contribution in [1.29, 1.82) is 0 Å². The van der Waals surface area contributed by atoms with E-state index in [4.69, 9.17) is 11.6 Å². The molecular formula is C16H14ClF2NS. The Labute approximate surface area is 131 Å². The molecule has 21 heavy (non-hydrogen) atoms. The van der Waals surface area contributed by atoms with E-state index in [1.807, 2.05) is 12.1 Å². The minimum Gasteiger partial charge on any atom is -0.310 e. The summed E-state index contributed by atoms with van der Waals surface area (Å²) in [5, 5.41) is 4.01. The predicted octanol–water partition coefficient (Wildman–Crippen LogP) is 5.02. The third kappa shape index (κ3) is 3.76. The molecular weight excluding hydrogens is 312 g/mol. The first-order valence-electron chi connectivity index (χ1n) is 6.77. The van der Waals surface area contributed by atoms with Gasteiger partial charge in [-0.05, 0) is 36.6 Å². The fourth-order valence-corrected chi connectivity index (χ4v) is 3.28. The highest BCUT2D eigenvalue weighted by Gasteiger charge is 2.21. The zero-order valence-electron chi connectivity index (χ0n) is 11.2. The molecule has 110 valence electrons. The summed E-state index contributed by atoms with van der Waals surface area (Å²) in [6.45, 7) is 0.705.